The lowest BCUT2D eigenvalue weighted by atomic mass is 9.84. The molecule has 2 saturated heterocycles. The van der Waals surface area contributed by atoms with E-state index in [4.69, 9.17) is 9.73 Å². The molecular formula is C25H42N6O3. The summed E-state index contributed by atoms with van der Waals surface area (Å²) < 4.78 is 5.11. The summed E-state index contributed by atoms with van der Waals surface area (Å²) in [5.74, 6) is 0.634. The highest BCUT2D eigenvalue weighted by atomic mass is 16.5. The second-order valence-electron chi connectivity index (χ2n) is 10.1. The Bertz CT molecular complexity index is 744. The minimum Gasteiger partial charge on any atom is -0.450 e. The standard InChI is InChI=1S/C25H42N6O3/c1-3-34-24(33)28-23(31-14-8-5-9-15-31)27-21(18-20-10-6-4-7-11-20)22(32)29-25(19-26)12-16-30(2)17-13-25/h20-21H,3-18H2,1-2H3,(H,29,32)(H,27,28,33)/t21-/m0/s1. The van der Waals surface area contributed by atoms with Crippen LogP contribution in [0.2, 0.25) is 0 Å². The predicted octanol–water partition coefficient (Wildman–Crippen LogP) is 3.02. The molecule has 2 amide bonds. The molecule has 0 radical (unpaired) electrons. The number of ether oxygens (including phenoxy) is 1. The highest BCUT2D eigenvalue weighted by Gasteiger charge is 2.38. The second kappa shape index (κ2) is 12.9. The van der Waals surface area contributed by atoms with Gasteiger partial charge in [-0.05, 0) is 58.4 Å². The van der Waals surface area contributed by atoms with Crippen LogP contribution in [0, 0.1) is 17.2 Å². The number of guanidine groups is 1. The van der Waals surface area contributed by atoms with Crippen molar-refractivity contribution in [3.05, 3.63) is 0 Å². The van der Waals surface area contributed by atoms with Crippen molar-refractivity contribution in [1.82, 2.24) is 20.4 Å². The topological polar surface area (TPSA) is 110 Å². The minimum atomic E-state index is -0.857. The third-order valence-electron chi connectivity index (χ3n) is 7.42. The van der Waals surface area contributed by atoms with Crippen molar-refractivity contribution in [2.45, 2.75) is 89.1 Å². The molecule has 34 heavy (non-hydrogen) atoms. The number of likely N-dealkylation sites (tertiary alicyclic amines) is 2. The molecule has 2 heterocycles. The van der Waals surface area contributed by atoms with Gasteiger partial charge in [-0.15, -0.1) is 0 Å². The number of piperidine rings is 2. The molecule has 2 N–H and O–H groups in total. The molecule has 0 unspecified atom stereocenters. The van der Waals surface area contributed by atoms with Crippen molar-refractivity contribution in [2.24, 2.45) is 10.9 Å². The van der Waals surface area contributed by atoms with E-state index in [0.717, 1.165) is 58.3 Å². The van der Waals surface area contributed by atoms with E-state index in [9.17, 15) is 14.9 Å². The molecule has 190 valence electrons. The van der Waals surface area contributed by atoms with E-state index >= 15 is 0 Å². The summed E-state index contributed by atoms with van der Waals surface area (Å²) in [5.41, 5.74) is -0.857. The van der Waals surface area contributed by atoms with Gasteiger partial charge < -0.3 is 19.9 Å². The normalized spacial score (nSPS) is 23.0. The van der Waals surface area contributed by atoms with Crippen molar-refractivity contribution >= 4 is 18.0 Å². The van der Waals surface area contributed by atoms with E-state index in [1.54, 1.807) is 6.92 Å². The van der Waals surface area contributed by atoms with Crippen molar-refractivity contribution < 1.29 is 14.3 Å². The third kappa shape index (κ3) is 7.59. The summed E-state index contributed by atoms with van der Waals surface area (Å²) in [6, 6.07) is 1.74. The summed E-state index contributed by atoms with van der Waals surface area (Å²) in [7, 11) is 2.03. The third-order valence-corrected chi connectivity index (χ3v) is 7.42. The van der Waals surface area contributed by atoms with Gasteiger partial charge in [-0.3, -0.25) is 10.1 Å². The van der Waals surface area contributed by atoms with Gasteiger partial charge in [0.15, 0.2) is 0 Å². The molecule has 1 atom stereocenters. The van der Waals surface area contributed by atoms with E-state index in [2.05, 4.69) is 26.5 Å². The number of nitrogens with one attached hydrogen (secondary N) is 2. The van der Waals surface area contributed by atoms with Gasteiger partial charge in [-0.1, -0.05) is 32.1 Å². The molecule has 0 aromatic rings. The molecule has 3 fully saturated rings. The first-order valence-corrected chi connectivity index (χ1v) is 13.1. The summed E-state index contributed by atoms with van der Waals surface area (Å²) in [5, 5.41) is 15.8. The average molecular weight is 475 g/mol. The number of carbonyl (C=O) groups is 2. The van der Waals surface area contributed by atoms with Crippen LogP contribution in [0.4, 0.5) is 4.79 Å². The number of hydrogen-bond acceptors (Lipinski definition) is 6. The van der Waals surface area contributed by atoms with Gasteiger partial charge in [0, 0.05) is 26.2 Å². The summed E-state index contributed by atoms with van der Waals surface area (Å²) in [6.07, 6.45) is 10.3. The number of nitriles is 1. The smallest absolute Gasteiger partial charge is 0.413 e. The zero-order chi connectivity index (χ0) is 24.4. The monoisotopic (exact) mass is 474 g/mol. The van der Waals surface area contributed by atoms with Gasteiger partial charge in [0.25, 0.3) is 0 Å². The minimum absolute atomic E-state index is 0.211. The van der Waals surface area contributed by atoms with Crippen molar-refractivity contribution in [2.75, 3.05) is 39.8 Å². The van der Waals surface area contributed by atoms with E-state index in [1.807, 2.05) is 7.05 Å². The Hall–Kier alpha value is -2.34. The first-order valence-electron chi connectivity index (χ1n) is 13.1. The van der Waals surface area contributed by atoms with Crippen LogP contribution in [0.25, 0.3) is 0 Å². The number of alkyl carbamates (subject to hydrolysis) is 1. The number of aliphatic imine (C=N–C) groups is 1. The maximum absolute atomic E-state index is 13.6. The summed E-state index contributed by atoms with van der Waals surface area (Å²) >= 11 is 0. The van der Waals surface area contributed by atoms with Crippen LogP contribution >= 0.6 is 0 Å². The van der Waals surface area contributed by atoms with Crippen LogP contribution < -0.4 is 10.6 Å². The lowest BCUT2D eigenvalue weighted by Crippen LogP contribution is -2.56. The molecular weight excluding hydrogens is 432 g/mol. The van der Waals surface area contributed by atoms with Gasteiger partial charge in [0.2, 0.25) is 11.9 Å². The van der Waals surface area contributed by atoms with E-state index in [0.29, 0.717) is 31.1 Å². The number of rotatable bonds is 6. The summed E-state index contributed by atoms with van der Waals surface area (Å²) in [4.78, 5) is 35.0. The Morgan fingerprint density at radius 2 is 1.74 bits per heavy atom. The van der Waals surface area contributed by atoms with Gasteiger partial charge in [0.05, 0.1) is 12.7 Å². The predicted molar refractivity (Wildman–Crippen MR) is 131 cm³/mol. The molecule has 0 aromatic heterocycles. The molecule has 0 spiro atoms. The van der Waals surface area contributed by atoms with Crippen LogP contribution in [0.3, 0.4) is 0 Å². The Kier molecular flexibility index (Phi) is 10.00. The Morgan fingerprint density at radius 1 is 1.09 bits per heavy atom. The van der Waals surface area contributed by atoms with Crippen LogP contribution in [0.15, 0.2) is 4.99 Å². The maximum Gasteiger partial charge on any atom is 0.413 e. The fourth-order valence-corrected chi connectivity index (χ4v) is 5.25. The highest BCUT2D eigenvalue weighted by molar-refractivity contribution is 5.96. The average Bonchev–Trinajstić information content (AvgIpc) is 2.86. The first kappa shape index (κ1) is 26.3. The highest BCUT2D eigenvalue weighted by Crippen LogP contribution is 2.29. The van der Waals surface area contributed by atoms with E-state index in [1.165, 1.54) is 19.3 Å². The van der Waals surface area contributed by atoms with Crippen LogP contribution in [0.1, 0.15) is 77.6 Å². The first-order chi connectivity index (χ1) is 16.4. The molecule has 3 aliphatic rings. The molecule has 9 heteroatoms. The molecule has 1 saturated carbocycles. The number of nitrogens with zero attached hydrogens (tertiary/aromatic N) is 4. The zero-order valence-corrected chi connectivity index (χ0v) is 21.0. The number of hydrogen-bond donors (Lipinski definition) is 2. The van der Waals surface area contributed by atoms with Gasteiger partial charge in [-0.2, -0.15) is 5.26 Å². The second-order valence-corrected chi connectivity index (χ2v) is 10.1. The van der Waals surface area contributed by atoms with Gasteiger partial charge >= 0.3 is 6.09 Å². The molecule has 3 rings (SSSR count). The lowest BCUT2D eigenvalue weighted by molar-refractivity contribution is -0.124. The molecule has 0 aromatic carbocycles. The molecule has 0 bridgehead atoms. The van der Waals surface area contributed by atoms with Crippen molar-refractivity contribution in [3.63, 3.8) is 0 Å². The van der Waals surface area contributed by atoms with Gasteiger partial charge in [-0.25, -0.2) is 9.79 Å². The van der Waals surface area contributed by atoms with Crippen LogP contribution in [-0.4, -0.2) is 79.2 Å². The van der Waals surface area contributed by atoms with E-state index < -0.39 is 17.7 Å². The largest absolute Gasteiger partial charge is 0.450 e. The fraction of sp³-hybridized carbons (Fsp3) is 0.840. The van der Waals surface area contributed by atoms with Crippen LogP contribution in [-0.2, 0) is 9.53 Å². The van der Waals surface area contributed by atoms with Gasteiger partial charge in [0.1, 0.15) is 11.6 Å². The zero-order valence-electron chi connectivity index (χ0n) is 21.0. The Morgan fingerprint density at radius 3 is 2.35 bits per heavy atom. The van der Waals surface area contributed by atoms with Crippen LogP contribution in [0.5, 0.6) is 0 Å². The molecule has 2 aliphatic heterocycles. The molecule has 9 nitrogen and oxygen atoms in total. The Labute approximate surface area is 204 Å². The van der Waals surface area contributed by atoms with E-state index in [-0.39, 0.29) is 12.5 Å². The SMILES string of the molecule is CCOC(=O)NC(=N[C@@H](CC1CCCCC1)C(=O)NC1(C#N)CCN(C)CC1)N1CCCCC1. The maximum atomic E-state index is 13.6. The summed E-state index contributed by atoms with van der Waals surface area (Å²) in [6.45, 7) is 5.15. The van der Waals surface area contributed by atoms with Crippen molar-refractivity contribution in [1.29, 1.82) is 5.26 Å². The number of amides is 2. The lowest BCUT2D eigenvalue weighted by Gasteiger charge is -2.37. The fourth-order valence-electron chi connectivity index (χ4n) is 5.25. The Balaban J connectivity index is 1.83. The number of carbonyl (C=O) groups excluding carboxylic acids is 2. The quantitative estimate of drug-likeness (QED) is 0.452. The van der Waals surface area contributed by atoms with Crippen molar-refractivity contribution in [3.8, 4) is 6.07 Å². The molecule has 1 aliphatic carbocycles.